The van der Waals surface area contributed by atoms with E-state index in [0.29, 0.717) is 0 Å². The van der Waals surface area contributed by atoms with Crippen LogP contribution in [0.3, 0.4) is 0 Å². The average Bonchev–Trinajstić information content (AvgIpc) is 3.63. The van der Waals surface area contributed by atoms with Gasteiger partial charge in [0.15, 0.2) is 0 Å². The van der Waals surface area contributed by atoms with E-state index in [1.807, 2.05) is 36.4 Å². The van der Waals surface area contributed by atoms with Crippen LogP contribution in [-0.2, 0) is 7.05 Å². The molecule has 5 heteroatoms. The first-order valence-electron chi connectivity index (χ1n) is 13.5. The standard InChI is InChI=1S/C35H28N2O3/c1-22-30-31(23-11-5-3-6-12-23)32(24-17-19-26(20-18-24)37(38)39)33(28-21-36(2)29-16-10-9-15-27(28)29)34(30)35(40-22)25-13-7-4-8-14-25/h3-21,31-33H,1-2H3/t31-,32+,33-/m0/s1. The van der Waals surface area contributed by atoms with E-state index in [1.165, 1.54) is 33.2 Å². The predicted octanol–water partition coefficient (Wildman–Crippen LogP) is 8.72. The fourth-order valence-corrected chi connectivity index (χ4v) is 6.83. The first kappa shape index (κ1) is 24.2. The fourth-order valence-electron chi connectivity index (χ4n) is 6.83. The minimum atomic E-state index is -0.333. The maximum atomic E-state index is 11.5. The lowest BCUT2D eigenvalue weighted by Crippen LogP contribution is -2.14. The molecule has 1 aliphatic carbocycles. The molecule has 0 spiro atoms. The van der Waals surface area contributed by atoms with E-state index in [-0.39, 0.29) is 28.4 Å². The molecule has 1 aliphatic rings. The zero-order valence-electron chi connectivity index (χ0n) is 22.3. The summed E-state index contributed by atoms with van der Waals surface area (Å²) in [6.07, 6.45) is 2.25. The summed E-state index contributed by atoms with van der Waals surface area (Å²) in [6.45, 7) is 2.07. The van der Waals surface area contributed by atoms with Gasteiger partial charge in [0.05, 0.1) is 4.92 Å². The Labute approximate surface area is 232 Å². The van der Waals surface area contributed by atoms with Gasteiger partial charge < -0.3 is 8.98 Å². The van der Waals surface area contributed by atoms with Gasteiger partial charge in [-0.2, -0.15) is 0 Å². The Hall–Kier alpha value is -4.90. The molecule has 0 radical (unpaired) electrons. The highest BCUT2D eigenvalue weighted by molar-refractivity contribution is 5.86. The van der Waals surface area contributed by atoms with E-state index in [4.69, 9.17) is 4.42 Å². The zero-order chi connectivity index (χ0) is 27.4. The van der Waals surface area contributed by atoms with Gasteiger partial charge in [-0.05, 0) is 29.7 Å². The number of fused-ring (bicyclic) bond motifs is 2. The number of hydrogen-bond acceptors (Lipinski definition) is 3. The van der Waals surface area contributed by atoms with Crippen LogP contribution in [-0.4, -0.2) is 9.49 Å². The third-order valence-electron chi connectivity index (χ3n) is 8.46. The highest BCUT2D eigenvalue weighted by Crippen LogP contribution is 2.62. The van der Waals surface area contributed by atoms with Crippen molar-refractivity contribution in [1.29, 1.82) is 0 Å². The third kappa shape index (κ3) is 3.69. The van der Waals surface area contributed by atoms with Crippen LogP contribution >= 0.6 is 0 Å². The summed E-state index contributed by atoms with van der Waals surface area (Å²) >= 11 is 0. The number of hydrogen-bond donors (Lipinski definition) is 0. The lowest BCUT2D eigenvalue weighted by molar-refractivity contribution is -0.384. The molecular formula is C35H28N2O3. The van der Waals surface area contributed by atoms with Crippen LogP contribution in [0.2, 0.25) is 0 Å². The summed E-state index contributed by atoms with van der Waals surface area (Å²) < 4.78 is 8.83. The van der Waals surface area contributed by atoms with Crippen molar-refractivity contribution in [3.8, 4) is 11.3 Å². The Morgan fingerprint density at radius 2 is 1.40 bits per heavy atom. The zero-order valence-corrected chi connectivity index (χ0v) is 22.3. The lowest BCUT2D eigenvalue weighted by atomic mass is 9.75. The van der Waals surface area contributed by atoms with Crippen molar-refractivity contribution in [1.82, 2.24) is 4.57 Å². The molecule has 0 unspecified atom stereocenters. The van der Waals surface area contributed by atoms with Crippen LogP contribution in [0.5, 0.6) is 0 Å². The van der Waals surface area contributed by atoms with E-state index >= 15 is 0 Å². The summed E-state index contributed by atoms with van der Waals surface area (Å²) in [5.41, 5.74) is 8.26. The molecule has 0 aliphatic heterocycles. The number of nitrogens with zero attached hydrogens (tertiary/aromatic N) is 2. The normalized spacial score (nSPS) is 18.2. The number of benzene rings is 4. The number of aryl methyl sites for hydroxylation is 2. The molecular weight excluding hydrogens is 496 g/mol. The Kier molecular flexibility index (Phi) is 5.67. The molecule has 6 aromatic rings. The molecule has 0 amide bonds. The molecule has 0 fully saturated rings. The predicted molar refractivity (Wildman–Crippen MR) is 158 cm³/mol. The molecule has 7 rings (SSSR count). The van der Waals surface area contributed by atoms with Gasteiger partial charge in [0.25, 0.3) is 5.69 Å². The first-order chi connectivity index (χ1) is 19.5. The van der Waals surface area contributed by atoms with Gasteiger partial charge >= 0.3 is 0 Å². The summed E-state index contributed by atoms with van der Waals surface area (Å²) in [4.78, 5) is 11.2. The first-order valence-corrected chi connectivity index (χ1v) is 13.5. The van der Waals surface area contributed by atoms with Crippen LogP contribution < -0.4 is 0 Å². The van der Waals surface area contributed by atoms with Crippen LogP contribution in [0.4, 0.5) is 5.69 Å². The van der Waals surface area contributed by atoms with Crippen molar-refractivity contribution in [2.75, 3.05) is 0 Å². The quantitative estimate of drug-likeness (QED) is 0.167. The molecule has 2 aromatic heterocycles. The van der Waals surface area contributed by atoms with E-state index in [2.05, 4.69) is 85.4 Å². The molecule has 0 saturated carbocycles. The second-order valence-corrected chi connectivity index (χ2v) is 10.6. The lowest BCUT2D eigenvalue weighted by Gasteiger charge is -2.28. The van der Waals surface area contributed by atoms with Crippen LogP contribution in [0.1, 0.15) is 51.3 Å². The van der Waals surface area contributed by atoms with Gasteiger partial charge in [0.2, 0.25) is 0 Å². The molecule has 0 bridgehead atoms. The van der Waals surface area contributed by atoms with Crippen molar-refractivity contribution in [3.05, 3.63) is 159 Å². The SMILES string of the molecule is Cc1oc(-c2ccccc2)c2c1[C@H](c1ccccc1)[C@@H](c1ccc([N+](=O)[O-])cc1)[C@@H]2c1cn(C)c2ccccc12. The molecule has 2 heterocycles. The van der Waals surface area contributed by atoms with Gasteiger partial charge in [0, 0.05) is 70.7 Å². The number of nitro groups is 1. The second kappa shape index (κ2) is 9.38. The van der Waals surface area contributed by atoms with E-state index < -0.39 is 0 Å². The van der Waals surface area contributed by atoms with Gasteiger partial charge in [-0.15, -0.1) is 0 Å². The third-order valence-corrected chi connectivity index (χ3v) is 8.46. The largest absolute Gasteiger partial charge is 0.461 e. The maximum Gasteiger partial charge on any atom is 0.269 e. The van der Waals surface area contributed by atoms with Gasteiger partial charge in [-0.25, -0.2) is 0 Å². The summed E-state index contributed by atoms with van der Waals surface area (Å²) in [6, 6.07) is 36.6. The van der Waals surface area contributed by atoms with Crippen molar-refractivity contribution >= 4 is 16.6 Å². The molecule has 196 valence electrons. The number of aromatic nitrogens is 1. The van der Waals surface area contributed by atoms with Crippen molar-refractivity contribution in [3.63, 3.8) is 0 Å². The number of para-hydroxylation sites is 1. The monoisotopic (exact) mass is 524 g/mol. The molecule has 3 atom stereocenters. The molecule has 0 saturated heterocycles. The Morgan fingerprint density at radius 3 is 2.10 bits per heavy atom. The minimum Gasteiger partial charge on any atom is -0.461 e. The number of furan rings is 1. The minimum absolute atomic E-state index is 0.0107. The highest BCUT2D eigenvalue weighted by Gasteiger charge is 2.48. The molecule has 4 aromatic carbocycles. The Bertz CT molecular complexity index is 1850. The number of rotatable bonds is 5. The topological polar surface area (TPSA) is 61.2 Å². The number of non-ortho nitro benzene ring substituents is 1. The smallest absolute Gasteiger partial charge is 0.269 e. The van der Waals surface area contributed by atoms with E-state index in [1.54, 1.807) is 12.1 Å². The molecule has 5 nitrogen and oxygen atoms in total. The van der Waals surface area contributed by atoms with E-state index in [0.717, 1.165) is 22.6 Å². The summed E-state index contributed by atoms with van der Waals surface area (Å²) in [7, 11) is 2.09. The number of nitro benzene ring substituents is 1. The van der Waals surface area contributed by atoms with Gasteiger partial charge in [-0.1, -0.05) is 91.0 Å². The highest BCUT2D eigenvalue weighted by atomic mass is 16.6. The second-order valence-electron chi connectivity index (χ2n) is 10.6. The molecule has 40 heavy (non-hydrogen) atoms. The Morgan fingerprint density at radius 1 is 0.750 bits per heavy atom. The van der Waals surface area contributed by atoms with Crippen molar-refractivity contribution < 1.29 is 9.34 Å². The van der Waals surface area contributed by atoms with E-state index in [9.17, 15) is 10.1 Å². The molecule has 0 N–H and O–H groups in total. The van der Waals surface area contributed by atoms with Gasteiger partial charge in [-0.3, -0.25) is 10.1 Å². The summed E-state index contributed by atoms with van der Waals surface area (Å²) in [5.74, 6) is 1.81. The van der Waals surface area contributed by atoms with Crippen LogP contribution in [0.15, 0.2) is 120 Å². The van der Waals surface area contributed by atoms with Crippen molar-refractivity contribution in [2.45, 2.75) is 24.7 Å². The fraction of sp³-hybridized carbons (Fsp3) is 0.143. The summed E-state index contributed by atoms with van der Waals surface area (Å²) in [5, 5.41) is 12.7. The van der Waals surface area contributed by atoms with Crippen LogP contribution in [0, 0.1) is 17.0 Å². The van der Waals surface area contributed by atoms with Crippen LogP contribution in [0.25, 0.3) is 22.2 Å². The Balaban J connectivity index is 1.56. The van der Waals surface area contributed by atoms with Gasteiger partial charge in [0.1, 0.15) is 11.5 Å². The van der Waals surface area contributed by atoms with Crippen molar-refractivity contribution in [2.24, 2.45) is 7.05 Å². The maximum absolute atomic E-state index is 11.5. The average molecular weight is 525 g/mol.